The highest BCUT2D eigenvalue weighted by atomic mass is 16.9. The summed E-state index contributed by atoms with van der Waals surface area (Å²) < 4.78 is 14.4. The van der Waals surface area contributed by atoms with Gasteiger partial charge in [-0.05, 0) is 6.92 Å². The molecule has 0 radical (unpaired) electrons. The molecule has 4 nitrogen and oxygen atoms in total. The topological polar surface area (TPSA) is 48.1 Å². The Kier molecular flexibility index (Phi) is 2.19. The number of carbonyl (C=O) groups is 1. The van der Waals surface area contributed by atoms with Crippen molar-refractivity contribution in [2.75, 3.05) is 6.61 Å². The van der Waals surface area contributed by atoms with Crippen LogP contribution in [0.3, 0.4) is 0 Å². The zero-order valence-electron chi connectivity index (χ0n) is 6.83. The highest BCUT2D eigenvalue weighted by Gasteiger charge is 2.52. The van der Waals surface area contributed by atoms with Crippen molar-refractivity contribution >= 4 is 5.97 Å². The lowest BCUT2D eigenvalue weighted by Gasteiger charge is -2.11. The van der Waals surface area contributed by atoms with Crippen LogP contribution in [0.15, 0.2) is 25.0 Å². The first-order valence-corrected chi connectivity index (χ1v) is 3.41. The van der Waals surface area contributed by atoms with Gasteiger partial charge in [0.1, 0.15) is 0 Å². The highest BCUT2D eigenvalue weighted by Crippen LogP contribution is 2.30. The lowest BCUT2D eigenvalue weighted by Crippen LogP contribution is -2.22. The molecule has 1 rings (SSSR count). The Morgan fingerprint density at radius 2 is 2.33 bits per heavy atom. The molecule has 0 aromatic carbocycles. The molecule has 1 aliphatic heterocycles. The fraction of sp³-hybridized carbons (Fsp3) is 0.375. The SMILES string of the molecule is C=COC1(OC(=O)C(=C)C)CO1. The van der Waals surface area contributed by atoms with Crippen LogP contribution in [0, 0.1) is 0 Å². The maximum atomic E-state index is 11.0. The van der Waals surface area contributed by atoms with E-state index in [2.05, 4.69) is 13.2 Å². The third-order valence-corrected chi connectivity index (χ3v) is 1.24. The van der Waals surface area contributed by atoms with Crippen molar-refractivity contribution in [3.8, 4) is 0 Å². The first-order valence-electron chi connectivity index (χ1n) is 3.41. The van der Waals surface area contributed by atoms with E-state index >= 15 is 0 Å². The highest BCUT2D eigenvalue weighted by molar-refractivity contribution is 5.87. The Morgan fingerprint density at radius 3 is 2.67 bits per heavy atom. The molecule has 1 heterocycles. The predicted octanol–water partition coefficient (Wildman–Crippen LogP) is 0.950. The lowest BCUT2D eigenvalue weighted by molar-refractivity contribution is -0.201. The summed E-state index contributed by atoms with van der Waals surface area (Å²) >= 11 is 0. The van der Waals surface area contributed by atoms with Gasteiger partial charge in [-0.1, -0.05) is 13.2 Å². The van der Waals surface area contributed by atoms with Crippen molar-refractivity contribution in [3.05, 3.63) is 25.0 Å². The molecule has 1 atom stereocenters. The third kappa shape index (κ3) is 1.85. The number of epoxide rings is 1. The molecular weight excluding hydrogens is 160 g/mol. The van der Waals surface area contributed by atoms with Crippen molar-refractivity contribution < 1.29 is 19.0 Å². The molecule has 0 aliphatic carbocycles. The van der Waals surface area contributed by atoms with Crippen LogP contribution in [0.4, 0.5) is 0 Å². The summed E-state index contributed by atoms with van der Waals surface area (Å²) in [6.07, 6.45) is 1.17. The molecular formula is C8H10O4. The molecule has 0 aromatic rings. The van der Waals surface area contributed by atoms with E-state index in [1.165, 1.54) is 6.26 Å². The van der Waals surface area contributed by atoms with Crippen LogP contribution in [0.25, 0.3) is 0 Å². The second-order valence-electron chi connectivity index (χ2n) is 2.43. The number of hydrogen-bond acceptors (Lipinski definition) is 4. The van der Waals surface area contributed by atoms with Gasteiger partial charge < -0.3 is 9.47 Å². The Morgan fingerprint density at radius 1 is 1.75 bits per heavy atom. The average Bonchev–Trinajstić information content (AvgIpc) is 2.69. The van der Waals surface area contributed by atoms with E-state index in [4.69, 9.17) is 14.2 Å². The summed E-state index contributed by atoms with van der Waals surface area (Å²) in [5.41, 5.74) is 0.303. The first kappa shape index (κ1) is 8.80. The van der Waals surface area contributed by atoms with Gasteiger partial charge in [0.15, 0.2) is 6.61 Å². The summed E-state index contributed by atoms with van der Waals surface area (Å²) in [5, 5.41) is 0. The molecule has 1 aliphatic rings. The predicted molar refractivity (Wildman–Crippen MR) is 40.9 cm³/mol. The molecule has 0 amide bonds. The maximum absolute atomic E-state index is 11.0. The quantitative estimate of drug-likeness (QED) is 0.207. The van der Waals surface area contributed by atoms with Crippen LogP contribution in [0.2, 0.25) is 0 Å². The first-order chi connectivity index (χ1) is 5.59. The number of esters is 1. The van der Waals surface area contributed by atoms with Gasteiger partial charge >= 0.3 is 11.9 Å². The summed E-state index contributed by atoms with van der Waals surface area (Å²) in [6, 6.07) is 0. The van der Waals surface area contributed by atoms with E-state index in [9.17, 15) is 4.79 Å². The number of hydrogen-bond donors (Lipinski definition) is 0. The van der Waals surface area contributed by atoms with Crippen LogP contribution in [0.5, 0.6) is 0 Å². The van der Waals surface area contributed by atoms with Gasteiger partial charge in [-0.15, -0.1) is 0 Å². The molecule has 1 saturated heterocycles. The summed E-state index contributed by atoms with van der Waals surface area (Å²) in [5.74, 6) is -1.76. The Bertz CT molecular complexity index is 227. The fourth-order valence-corrected chi connectivity index (χ4v) is 0.565. The van der Waals surface area contributed by atoms with Gasteiger partial charge in [0.2, 0.25) is 0 Å². The van der Waals surface area contributed by atoms with Crippen molar-refractivity contribution in [3.63, 3.8) is 0 Å². The molecule has 4 heteroatoms. The van der Waals surface area contributed by atoms with Crippen LogP contribution >= 0.6 is 0 Å². The molecule has 66 valence electrons. The second-order valence-corrected chi connectivity index (χ2v) is 2.43. The maximum Gasteiger partial charge on any atom is 0.399 e. The van der Waals surface area contributed by atoms with E-state index < -0.39 is 11.9 Å². The van der Waals surface area contributed by atoms with Crippen molar-refractivity contribution in [2.45, 2.75) is 12.9 Å². The number of rotatable bonds is 4. The Balaban J connectivity index is 2.45. The monoisotopic (exact) mass is 170 g/mol. The molecule has 0 spiro atoms. The molecule has 12 heavy (non-hydrogen) atoms. The molecule has 1 fully saturated rings. The minimum Gasteiger partial charge on any atom is -0.437 e. The fourth-order valence-electron chi connectivity index (χ4n) is 0.565. The van der Waals surface area contributed by atoms with Crippen LogP contribution in [-0.2, 0) is 19.0 Å². The zero-order chi connectivity index (χ0) is 9.19. The standard InChI is InChI=1S/C8H10O4/c1-4-10-8(5-11-8)12-7(9)6(2)3/h4H,1-2,5H2,3H3. The second kappa shape index (κ2) is 2.98. The van der Waals surface area contributed by atoms with Gasteiger partial charge in [-0.3, -0.25) is 4.74 Å². The van der Waals surface area contributed by atoms with E-state index in [0.29, 0.717) is 5.57 Å². The van der Waals surface area contributed by atoms with Gasteiger partial charge in [0, 0.05) is 5.57 Å². The van der Waals surface area contributed by atoms with Crippen LogP contribution < -0.4 is 0 Å². The van der Waals surface area contributed by atoms with Gasteiger partial charge in [0.25, 0.3) is 0 Å². The minimum atomic E-state index is -1.22. The lowest BCUT2D eigenvalue weighted by atomic mass is 10.4. The minimum absolute atomic E-state index is 0.234. The van der Waals surface area contributed by atoms with Crippen molar-refractivity contribution in [2.24, 2.45) is 0 Å². The molecule has 0 bridgehead atoms. The average molecular weight is 170 g/mol. The van der Waals surface area contributed by atoms with Gasteiger partial charge in [0.05, 0.1) is 6.26 Å². The summed E-state index contributed by atoms with van der Waals surface area (Å²) in [6.45, 7) is 8.52. The summed E-state index contributed by atoms with van der Waals surface area (Å²) in [7, 11) is 0. The third-order valence-electron chi connectivity index (χ3n) is 1.24. The Hall–Kier alpha value is -1.29. The van der Waals surface area contributed by atoms with E-state index in [-0.39, 0.29) is 6.61 Å². The van der Waals surface area contributed by atoms with Crippen LogP contribution in [-0.4, -0.2) is 18.5 Å². The van der Waals surface area contributed by atoms with E-state index in [1.807, 2.05) is 0 Å². The van der Waals surface area contributed by atoms with Crippen LogP contribution in [0.1, 0.15) is 6.92 Å². The smallest absolute Gasteiger partial charge is 0.399 e. The molecule has 0 N–H and O–H groups in total. The number of ether oxygens (including phenoxy) is 3. The molecule has 1 unspecified atom stereocenters. The van der Waals surface area contributed by atoms with E-state index in [1.54, 1.807) is 6.92 Å². The van der Waals surface area contributed by atoms with E-state index in [0.717, 1.165) is 0 Å². The Labute approximate surface area is 70.4 Å². The van der Waals surface area contributed by atoms with Gasteiger partial charge in [-0.25, -0.2) is 4.79 Å². The zero-order valence-corrected chi connectivity index (χ0v) is 6.83. The molecule has 0 aromatic heterocycles. The molecule has 0 saturated carbocycles. The largest absolute Gasteiger partial charge is 0.437 e. The number of carbonyl (C=O) groups excluding carboxylic acids is 1. The normalized spacial score (nSPS) is 25.8. The van der Waals surface area contributed by atoms with Crippen molar-refractivity contribution in [1.82, 2.24) is 0 Å². The van der Waals surface area contributed by atoms with Crippen molar-refractivity contribution in [1.29, 1.82) is 0 Å². The summed E-state index contributed by atoms with van der Waals surface area (Å²) in [4.78, 5) is 11.0. The van der Waals surface area contributed by atoms with Gasteiger partial charge in [-0.2, -0.15) is 0 Å².